The van der Waals surface area contributed by atoms with Crippen LogP contribution in [0, 0.1) is 0 Å². The third kappa shape index (κ3) is 4.54. The number of rotatable bonds is 7. The molecular formula is C23H23N3O4S. The predicted octanol–water partition coefficient (Wildman–Crippen LogP) is 3.87. The van der Waals surface area contributed by atoms with Crippen molar-refractivity contribution in [3.8, 4) is 5.75 Å². The van der Waals surface area contributed by atoms with E-state index in [9.17, 15) is 13.2 Å². The van der Waals surface area contributed by atoms with Gasteiger partial charge in [0.1, 0.15) is 5.75 Å². The van der Waals surface area contributed by atoms with Crippen LogP contribution in [-0.2, 0) is 16.4 Å². The van der Waals surface area contributed by atoms with Gasteiger partial charge in [-0.15, -0.1) is 0 Å². The molecule has 2 heterocycles. The molecule has 2 aromatic carbocycles. The third-order valence-electron chi connectivity index (χ3n) is 4.99. The second kappa shape index (κ2) is 8.77. The number of anilines is 2. The maximum atomic E-state index is 12.9. The lowest BCUT2D eigenvalue weighted by atomic mass is 10.1. The van der Waals surface area contributed by atoms with E-state index < -0.39 is 10.0 Å². The summed E-state index contributed by atoms with van der Waals surface area (Å²) in [6, 6.07) is 15.0. The van der Waals surface area contributed by atoms with E-state index in [0.29, 0.717) is 42.3 Å². The van der Waals surface area contributed by atoms with Crippen LogP contribution in [0.4, 0.5) is 11.4 Å². The van der Waals surface area contributed by atoms with Crippen molar-refractivity contribution in [2.45, 2.75) is 24.7 Å². The lowest BCUT2D eigenvalue weighted by molar-refractivity contribution is 0.0989. The number of benzene rings is 2. The van der Waals surface area contributed by atoms with Gasteiger partial charge in [0.05, 0.1) is 22.8 Å². The highest BCUT2D eigenvalue weighted by Gasteiger charge is 2.26. The van der Waals surface area contributed by atoms with Crippen molar-refractivity contribution < 1.29 is 17.9 Å². The molecule has 1 N–H and O–H groups in total. The quantitative estimate of drug-likeness (QED) is 0.606. The fourth-order valence-electron chi connectivity index (χ4n) is 3.45. The molecule has 0 atom stereocenters. The number of carbonyl (C=O) groups is 1. The van der Waals surface area contributed by atoms with Crippen molar-refractivity contribution in [3.63, 3.8) is 0 Å². The lowest BCUT2D eigenvalue weighted by Crippen LogP contribution is -2.29. The fourth-order valence-corrected chi connectivity index (χ4v) is 4.50. The summed E-state index contributed by atoms with van der Waals surface area (Å²) >= 11 is 0. The normalized spacial score (nSPS) is 13.0. The van der Waals surface area contributed by atoms with E-state index in [1.165, 1.54) is 18.3 Å². The molecule has 160 valence electrons. The molecule has 0 saturated carbocycles. The van der Waals surface area contributed by atoms with E-state index in [4.69, 9.17) is 4.74 Å². The average Bonchev–Trinajstić information content (AvgIpc) is 3.21. The van der Waals surface area contributed by atoms with Crippen LogP contribution < -0.4 is 14.4 Å². The van der Waals surface area contributed by atoms with Gasteiger partial charge in [-0.2, -0.15) is 0 Å². The van der Waals surface area contributed by atoms with Crippen molar-refractivity contribution in [2.24, 2.45) is 0 Å². The largest absolute Gasteiger partial charge is 0.494 e. The van der Waals surface area contributed by atoms with Gasteiger partial charge in [-0.3, -0.25) is 14.5 Å². The summed E-state index contributed by atoms with van der Waals surface area (Å²) in [5.74, 6) is 0.470. The van der Waals surface area contributed by atoms with Crippen LogP contribution in [0.2, 0.25) is 0 Å². The van der Waals surface area contributed by atoms with Gasteiger partial charge >= 0.3 is 0 Å². The number of hydrogen-bond donors (Lipinski definition) is 1. The molecule has 1 aliphatic heterocycles. The van der Waals surface area contributed by atoms with E-state index in [2.05, 4.69) is 9.71 Å². The van der Waals surface area contributed by atoms with Gasteiger partial charge in [0.15, 0.2) is 0 Å². The number of nitrogens with one attached hydrogen (secondary N) is 1. The molecule has 1 aliphatic rings. The van der Waals surface area contributed by atoms with Gasteiger partial charge in [-0.25, -0.2) is 8.42 Å². The Labute approximate surface area is 181 Å². The van der Waals surface area contributed by atoms with Crippen LogP contribution in [0.25, 0.3) is 0 Å². The number of sulfonamides is 1. The van der Waals surface area contributed by atoms with Gasteiger partial charge < -0.3 is 9.64 Å². The maximum absolute atomic E-state index is 12.9. The average molecular weight is 438 g/mol. The number of aromatic nitrogens is 1. The van der Waals surface area contributed by atoms with Gasteiger partial charge in [0.2, 0.25) is 0 Å². The Bertz CT molecular complexity index is 1180. The van der Waals surface area contributed by atoms with Gasteiger partial charge in [0.25, 0.3) is 15.9 Å². The summed E-state index contributed by atoms with van der Waals surface area (Å²) < 4.78 is 33.8. The summed E-state index contributed by atoms with van der Waals surface area (Å²) in [5, 5.41) is 0. The van der Waals surface area contributed by atoms with E-state index in [0.717, 1.165) is 12.0 Å². The van der Waals surface area contributed by atoms with Gasteiger partial charge in [-0.1, -0.05) is 13.0 Å². The molecule has 1 aromatic heterocycles. The molecule has 0 spiro atoms. The van der Waals surface area contributed by atoms with E-state index >= 15 is 0 Å². The number of fused-ring (bicyclic) bond motifs is 1. The SMILES string of the molecule is CCCOc1ccc(S(=O)(=O)Nc2ccc3c(c2)N(C(=O)c2cccnc2)CC3)cc1. The Morgan fingerprint density at radius 2 is 1.97 bits per heavy atom. The highest BCUT2D eigenvalue weighted by Crippen LogP contribution is 2.32. The Balaban J connectivity index is 1.54. The van der Waals surface area contributed by atoms with E-state index in [1.807, 2.05) is 13.0 Å². The Morgan fingerprint density at radius 1 is 1.16 bits per heavy atom. The monoisotopic (exact) mass is 437 g/mol. The van der Waals surface area contributed by atoms with Gasteiger partial charge in [0, 0.05) is 24.6 Å². The molecule has 4 rings (SSSR count). The summed E-state index contributed by atoms with van der Waals surface area (Å²) in [6.45, 7) is 3.12. The molecule has 0 radical (unpaired) electrons. The highest BCUT2D eigenvalue weighted by molar-refractivity contribution is 7.92. The van der Waals surface area contributed by atoms with Gasteiger partial charge in [-0.05, 0) is 66.9 Å². The fraction of sp³-hybridized carbons (Fsp3) is 0.217. The van der Waals surface area contributed by atoms with E-state index in [-0.39, 0.29) is 10.8 Å². The summed E-state index contributed by atoms with van der Waals surface area (Å²) in [7, 11) is -3.78. The summed E-state index contributed by atoms with van der Waals surface area (Å²) in [5.41, 5.74) is 2.60. The molecule has 8 heteroatoms. The van der Waals surface area contributed by atoms with Crippen molar-refractivity contribution in [3.05, 3.63) is 78.1 Å². The molecule has 1 amide bonds. The zero-order valence-electron chi connectivity index (χ0n) is 17.1. The number of hydrogen-bond acceptors (Lipinski definition) is 5. The molecule has 0 aliphatic carbocycles. The zero-order chi connectivity index (χ0) is 21.8. The first-order valence-electron chi connectivity index (χ1n) is 10.1. The topological polar surface area (TPSA) is 88.6 Å². The van der Waals surface area contributed by atoms with Crippen LogP contribution in [0.1, 0.15) is 29.3 Å². The third-order valence-corrected chi connectivity index (χ3v) is 6.39. The minimum Gasteiger partial charge on any atom is -0.494 e. The molecule has 3 aromatic rings. The standard InChI is InChI=1S/C23H23N3O4S/c1-2-14-30-20-7-9-21(10-8-20)31(28,29)25-19-6-5-17-11-13-26(22(17)15-19)23(27)18-4-3-12-24-16-18/h3-10,12,15-16,25H,2,11,13-14H2,1H3. The maximum Gasteiger partial charge on any atom is 0.261 e. The van der Waals surface area contributed by atoms with Crippen LogP contribution in [0.3, 0.4) is 0 Å². The molecule has 31 heavy (non-hydrogen) atoms. The first-order valence-corrected chi connectivity index (χ1v) is 11.6. The van der Waals surface area contributed by atoms with E-state index in [1.54, 1.807) is 47.5 Å². The molecule has 7 nitrogen and oxygen atoms in total. The minimum atomic E-state index is -3.78. The number of nitrogens with zero attached hydrogens (tertiary/aromatic N) is 2. The van der Waals surface area contributed by atoms with Crippen LogP contribution in [0.5, 0.6) is 5.75 Å². The van der Waals surface area contributed by atoms with Crippen molar-refractivity contribution >= 4 is 27.3 Å². The van der Waals surface area contributed by atoms with Crippen LogP contribution >= 0.6 is 0 Å². The second-order valence-corrected chi connectivity index (χ2v) is 8.90. The smallest absolute Gasteiger partial charge is 0.261 e. The van der Waals surface area contributed by atoms with Crippen molar-refractivity contribution in [1.29, 1.82) is 0 Å². The van der Waals surface area contributed by atoms with Crippen LogP contribution in [-0.4, -0.2) is 32.5 Å². The lowest BCUT2D eigenvalue weighted by Gasteiger charge is -2.18. The highest BCUT2D eigenvalue weighted by atomic mass is 32.2. The Kier molecular flexibility index (Phi) is 5.90. The first-order chi connectivity index (χ1) is 15.0. The van der Waals surface area contributed by atoms with Crippen molar-refractivity contribution in [2.75, 3.05) is 22.8 Å². The molecular weight excluding hydrogens is 414 g/mol. The predicted molar refractivity (Wildman–Crippen MR) is 119 cm³/mol. The van der Waals surface area contributed by atoms with Crippen molar-refractivity contribution in [1.82, 2.24) is 4.98 Å². The Morgan fingerprint density at radius 3 is 2.68 bits per heavy atom. The molecule has 0 fully saturated rings. The molecule has 0 unspecified atom stereocenters. The summed E-state index contributed by atoms with van der Waals surface area (Å²) in [4.78, 5) is 18.7. The number of amides is 1. The number of ether oxygens (including phenoxy) is 1. The second-order valence-electron chi connectivity index (χ2n) is 7.22. The summed E-state index contributed by atoms with van der Waals surface area (Å²) in [6.07, 6.45) is 4.73. The zero-order valence-corrected chi connectivity index (χ0v) is 17.9. The Hall–Kier alpha value is -3.39. The first kappa shape index (κ1) is 20.9. The van der Waals surface area contributed by atoms with Crippen LogP contribution in [0.15, 0.2) is 71.9 Å². The molecule has 0 saturated heterocycles. The number of carbonyl (C=O) groups excluding carboxylic acids is 1. The minimum absolute atomic E-state index is 0.139. The number of pyridine rings is 1. The molecule has 0 bridgehead atoms.